The van der Waals surface area contributed by atoms with Gasteiger partial charge in [-0.2, -0.15) is 5.10 Å². The highest BCUT2D eigenvalue weighted by molar-refractivity contribution is 7.92. The van der Waals surface area contributed by atoms with Crippen LogP contribution in [0.2, 0.25) is 5.02 Å². The quantitative estimate of drug-likeness (QED) is 0.376. The molecular weight excluding hydrogens is 526 g/mol. The van der Waals surface area contributed by atoms with Crippen molar-refractivity contribution in [1.29, 1.82) is 0 Å². The van der Waals surface area contributed by atoms with Crippen LogP contribution in [0.5, 0.6) is 0 Å². The lowest BCUT2D eigenvalue weighted by Crippen LogP contribution is -2.73. The smallest absolute Gasteiger partial charge is 0.231 e. The van der Waals surface area contributed by atoms with Crippen molar-refractivity contribution < 1.29 is 8.42 Å². The molecular formula is C25H26ClN9O2S. The van der Waals surface area contributed by atoms with Gasteiger partial charge in [0.25, 0.3) is 0 Å². The summed E-state index contributed by atoms with van der Waals surface area (Å²) < 4.78 is 27.8. The zero-order chi connectivity index (χ0) is 25.8. The summed E-state index contributed by atoms with van der Waals surface area (Å²) in [5, 5.41) is 15.7. The number of fused-ring (bicyclic) bond motifs is 4. The Hall–Kier alpha value is -3.22. The predicted octanol–water partition coefficient (Wildman–Crippen LogP) is 1.64. The number of aryl methyl sites for hydroxylation is 1. The lowest BCUT2D eigenvalue weighted by atomic mass is 9.73. The highest BCUT2D eigenvalue weighted by Crippen LogP contribution is 2.45. The average Bonchev–Trinajstić information content (AvgIpc) is 3.32. The van der Waals surface area contributed by atoms with Crippen molar-refractivity contribution in [1.82, 2.24) is 34.4 Å². The Balaban J connectivity index is 1.05. The summed E-state index contributed by atoms with van der Waals surface area (Å²) in [7, 11) is -0.998. The Morgan fingerprint density at radius 1 is 1.03 bits per heavy atom. The maximum Gasteiger partial charge on any atom is 0.231 e. The van der Waals surface area contributed by atoms with E-state index in [0.29, 0.717) is 18.1 Å². The molecule has 38 heavy (non-hydrogen) atoms. The lowest BCUT2D eigenvalue weighted by Gasteiger charge is -2.60. The topological polar surface area (TPSA) is 105 Å². The number of hydrogen-bond acceptors (Lipinski definition) is 9. The molecule has 7 heterocycles. The Labute approximate surface area is 224 Å². The number of sulfone groups is 1. The number of aromatic nitrogens is 6. The monoisotopic (exact) mass is 551 g/mol. The molecule has 0 N–H and O–H groups in total. The van der Waals surface area contributed by atoms with E-state index in [9.17, 15) is 8.42 Å². The van der Waals surface area contributed by atoms with Crippen LogP contribution in [-0.2, 0) is 30.0 Å². The molecule has 0 atom stereocenters. The van der Waals surface area contributed by atoms with E-state index in [1.807, 2.05) is 36.0 Å². The maximum atomic E-state index is 11.9. The van der Waals surface area contributed by atoms with Crippen molar-refractivity contribution in [2.75, 3.05) is 47.5 Å². The molecule has 4 aliphatic heterocycles. The van der Waals surface area contributed by atoms with Crippen molar-refractivity contribution in [3.05, 3.63) is 52.9 Å². The van der Waals surface area contributed by atoms with Gasteiger partial charge in [0.1, 0.15) is 0 Å². The van der Waals surface area contributed by atoms with Crippen molar-refractivity contribution in [3.63, 3.8) is 0 Å². The first-order valence-corrected chi connectivity index (χ1v) is 14.9. The molecule has 0 amide bonds. The molecule has 11 nitrogen and oxygen atoms in total. The molecule has 0 saturated carbocycles. The molecule has 13 heteroatoms. The van der Waals surface area contributed by atoms with Gasteiger partial charge < -0.3 is 9.80 Å². The fourth-order valence-electron chi connectivity index (χ4n) is 6.55. The molecule has 1 aromatic carbocycles. The van der Waals surface area contributed by atoms with Gasteiger partial charge in [0.05, 0.1) is 29.1 Å². The highest BCUT2D eigenvalue weighted by Gasteiger charge is 2.54. The predicted molar refractivity (Wildman–Crippen MR) is 143 cm³/mol. The van der Waals surface area contributed by atoms with Gasteiger partial charge in [-0.3, -0.25) is 9.47 Å². The van der Waals surface area contributed by atoms with Crippen LogP contribution < -0.4 is 9.80 Å². The number of benzene rings is 1. The van der Waals surface area contributed by atoms with Gasteiger partial charge in [-0.25, -0.2) is 18.1 Å². The third kappa shape index (κ3) is 3.33. The van der Waals surface area contributed by atoms with Gasteiger partial charge in [0, 0.05) is 62.4 Å². The van der Waals surface area contributed by atoms with E-state index < -0.39 is 9.84 Å². The summed E-state index contributed by atoms with van der Waals surface area (Å²) in [6.07, 6.45) is 1.80. The van der Waals surface area contributed by atoms with Gasteiger partial charge >= 0.3 is 0 Å². The molecule has 3 saturated heterocycles. The van der Waals surface area contributed by atoms with Crippen LogP contribution in [0, 0.1) is 5.41 Å². The third-order valence-electron chi connectivity index (χ3n) is 8.39. The molecule has 0 bridgehead atoms. The third-order valence-corrected chi connectivity index (χ3v) is 10.4. The number of anilines is 2. The Bertz CT molecular complexity index is 1710. The average molecular weight is 552 g/mol. The zero-order valence-electron chi connectivity index (χ0n) is 20.8. The van der Waals surface area contributed by atoms with Crippen LogP contribution in [0.25, 0.3) is 16.7 Å². The summed E-state index contributed by atoms with van der Waals surface area (Å²) in [4.78, 5) is 11.3. The molecule has 0 aliphatic carbocycles. The SMILES string of the molecule is Cn1nc(N2CC3(C2)CN(c2nnc4n2-c2ccc(Cl)cc2CN(C2CS(=O)(=O)C2)C4)C3)c2cccnc21. The molecule has 3 aromatic heterocycles. The van der Waals surface area contributed by atoms with Crippen LogP contribution in [0.4, 0.5) is 11.8 Å². The van der Waals surface area contributed by atoms with Gasteiger partial charge in [0.15, 0.2) is 27.1 Å². The minimum atomic E-state index is -2.93. The number of pyridine rings is 1. The normalized spacial score (nSPS) is 21.9. The van der Waals surface area contributed by atoms with E-state index in [2.05, 4.69) is 40.5 Å². The van der Waals surface area contributed by atoms with Crippen LogP contribution in [-0.4, -0.2) is 86.6 Å². The van der Waals surface area contributed by atoms with E-state index >= 15 is 0 Å². The van der Waals surface area contributed by atoms with Crippen molar-refractivity contribution in [3.8, 4) is 5.69 Å². The van der Waals surface area contributed by atoms with Crippen molar-refractivity contribution in [2.45, 2.75) is 19.1 Å². The molecule has 0 unspecified atom stereocenters. The van der Waals surface area contributed by atoms with Crippen molar-refractivity contribution in [2.24, 2.45) is 12.5 Å². The second kappa shape index (κ2) is 7.67. The zero-order valence-corrected chi connectivity index (χ0v) is 22.4. The van der Waals surface area contributed by atoms with Gasteiger partial charge in [-0.05, 0) is 35.9 Å². The summed E-state index contributed by atoms with van der Waals surface area (Å²) >= 11 is 6.38. The Kier molecular flexibility index (Phi) is 4.59. The number of rotatable bonds is 3. The molecule has 196 valence electrons. The lowest BCUT2D eigenvalue weighted by molar-refractivity contribution is 0.153. The summed E-state index contributed by atoms with van der Waals surface area (Å²) in [5.74, 6) is 3.05. The van der Waals surface area contributed by atoms with Crippen LogP contribution >= 0.6 is 11.6 Å². The first-order chi connectivity index (χ1) is 18.3. The fourth-order valence-corrected chi connectivity index (χ4v) is 8.24. The second-order valence-electron chi connectivity index (χ2n) is 11.2. The standard InChI is InChI=1S/C25H26ClN9O2S/c1-31-22-19(3-2-6-27-22)23(30-31)33-12-25(13-33)14-34(15-25)24-29-28-21-9-32(18-10-38(36,37)11-18)8-16-7-17(26)4-5-20(16)35(21)24/h2-7,18H,8-15H2,1H3. The Morgan fingerprint density at radius 3 is 2.61 bits per heavy atom. The van der Waals surface area contributed by atoms with Crippen LogP contribution in [0.1, 0.15) is 11.4 Å². The maximum absolute atomic E-state index is 11.9. The first-order valence-electron chi connectivity index (χ1n) is 12.7. The molecule has 3 fully saturated rings. The van der Waals surface area contributed by atoms with Crippen LogP contribution in [0.15, 0.2) is 36.5 Å². The second-order valence-corrected chi connectivity index (χ2v) is 13.8. The number of nitrogens with zero attached hydrogens (tertiary/aromatic N) is 9. The van der Waals surface area contributed by atoms with E-state index in [4.69, 9.17) is 16.7 Å². The number of halogens is 1. The van der Waals surface area contributed by atoms with E-state index in [1.165, 1.54) is 0 Å². The number of hydrogen-bond donors (Lipinski definition) is 0. The van der Waals surface area contributed by atoms with E-state index in [0.717, 1.165) is 66.1 Å². The molecule has 4 aliphatic rings. The van der Waals surface area contributed by atoms with Gasteiger partial charge in [0.2, 0.25) is 5.95 Å². The van der Waals surface area contributed by atoms with Crippen LogP contribution in [0.3, 0.4) is 0 Å². The molecule has 0 radical (unpaired) electrons. The minimum Gasteiger partial charge on any atom is -0.353 e. The Morgan fingerprint density at radius 2 is 1.82 bits per heavy atom. The molecule has 1 spiro atoms. The van der Waals surface area contributed by atoms with E-state index in [-0.39, 0.29) is 23.0 Å². The summed E-state index contributed by atoms with van der Waals surface area (Å²) in [6, 6.07) is 9.93. The molecule has 4 aromatic rings. The highest BCUT2D eigenvalue weighted by atomic mass is 35.5. The molecule has 8 rings (SSSR count). The van der Waals surface area contributed by atoms with Crippen molar-refractivity contribution >= 4 is 44.2 Å². The summed E-state index contributed by atoms with van der Waals surface area (Å²) in [6.45, 7) is 4.87. The fraction of sp³-hybridized carbons (Fsp3) is 0.440. The largest absolute Gasteiger partial charge is 0.353 e. The van der Waals surface area contributed by atoms with E-state index in [1.54, 1.807) is 6.20 Å². The van der Waals surface area contributed by atoms with Gasteiger partial charge in [-0.1, -0.05) is 11.6 Å². The minimum absolute atomic E-state index is 0.00959. The van der Waals surface area contributed by atoms with Gasteiger partial charge in [-0.15, -0.1) is 10.2 Å². The first kappa shape index (κ1) is 22.7. The summed E-state index contributed by atoms with van der Waals surface area (Å²) in [5.41, 5.74) is 3.18.